The normalized spacial score (nSPS) is 12.4. The van der Waals surface area contributed by atoms with Gasteiger partial charge in [0.2, 0.25) is 0 Å². The molecule has 0 saturated carbocycles. The molecule has 0 aliphatic rings. The van der Waals surface area contributed by atoms with E-state index in [0.717, 1.165) is 13.7 Å². The van der Waals surface area contributed by atoms with Crippen LogP contribution in [0.4, 0.5) is 0 Å². The van der Waals surface area contributed by atoms with Crippen molar-refractivity contribution >= 4 is 44.7 Å². The summed E-state index contributed by atoms with van der Waals surface area (Å²) in [6.07, 6.45) is 3.70. The van der Waals surface area contributed by atoms with Crippen LogP contribution < -0.4 is 0 Å². The highest BCUT2D eigenvalue weighted by molar-refractivity contribution is 14.1. The largest absolute Gasteiger partial charge is 0.287 e. The van der Waals surface area contributed by atoms with Gasteiger partial charge >= 0.3 is 0 Å². The molecular formula is C10H12BrIN2. The highest BCUT2D eigenvalue weighted by atomic mass is 127. The fraction of sp³-hybridized carbons (Fsp3) is 0.400. The third kappa shape index (κ3) is 4.04. The van der Waals surface area contributed by atoms with Crippen molar-refractivity contribution < 1.29 is 0 Å². The lowest BCUT2D eigenvalue weighted by Gasteiger charge is -2.10. The zero-order chi connectivity index (χ0) is 10.8. The SMILES string of the molecule is CC(C)(C)/N=C/c1cnc(Br)cc1I. The van der Waals surface area contributed by atoms with Crippen LogP contribution in [0.25, 0.3) is 0 Å². The predicted octanol–water partition coefficient (Wildman–Crippen LogP) is 3.67. The number of aliphatic imine (C=N–C) groups is 1. The molecule has 1 rings (SSSR count). The van der Waals surface area contributed by atoms with Crippen molar-refractivity contribution in [2.45, 2.75) is 26.3 Å². The third-order valence-electron chi connectivity index (χ3n) is 1.44. The molecule has 0 radical (unpaired) electrons. The Morgan fingerprint density at radius 2 is 2.14 bits per heavy atom. The average molecular weight is 367 g/mol. The summed E-state index contributed by atoms with van der Waals surface area (Å²) in [5, 5.41) is 0. The second kappa shape index (κ2) is 4.70. The Kier molecular flexibility index (Phi) is 4.06. The smallest absolute Gasteiger partial charge is 0.107 e. The summed E-state index contributed by atoms with van der Waals surface area (Å²) in [6, 6.07) is 1.98. The minimum Gasteiger partial charge on any atom is -0.287 e. The van der Waals surface area contributed by atoms with Crippen LogP contribution in [0.3, 0.4) is 0 Å². The molecule has 0 amide bonds. The maximum Gasteiger partial charge on any atom is 0.107 e. The van der Waals surface area contributed by atoms with E-state index in [1.54, 1.807) is 0 Å². The topological polar surface area (TPSA) is 25.2 Å². The number of pyridine rings is 1. The zero-order valence-electron chi connectivity index (χ0n) is 8.38. The van der Waals surface area contributed by atoms with Gasteiger partial charge in [0.05, 0.1) is 5.54 Å². The lowest BCUT2D eigenvalue weighted by atomic mass is 10.1. The Morgan fingerprint density at radius 3 is 2.64 bits per heavy atom. The van der Waals surface area contributed by atoms with E-state index in [1.165, 1.54) is 0 Å². The molecule has 0 aliphatic carbocycles. The Hall–Kier alpha value is 0.0300. The lowest BCUT2D eigenvalue weighted by Crippen LogP contribution is -2.10. The van der Waals surface area contributed by atoms with Crippen LogP contribution in [0, 0.1) is 3.57 Å². The van der Waals surface area contributed by atoms with Gasteiger partial charge in [0.25, 0.3) is 0 Å². The highest BCUT2D eigenvalue weighted by Crippen LogP contribution is 2.15. The Bertz CT molecular complexity index is 356. The first-order chi connectivity index (χ1) is 6.38. The summed E-state index contributed by atoms with van der Waals surface area (Å²) in [5.41, 5.74) is 1.03. The molecule has 0 aliphatic heterocycles. The van der Waals surface area contributed by atoms with Crippen LogP contribution >= 0.6 is 38.5 Å². The molecule has 76 valence electrons. The quantitative estimate of drug-likeness (QED) is 0.423. The summed E-state index contributed by atoms with van der Waals surface area (Å²) < 4.78 is 2.01. The molecule has 0 atom stereocenters. The third-order valence-corrected chi connectivity index (χ3v) is 2.81. The summed E-state index contributed by atoms with van der Waals surface area (Å²) in [4.78, 5) is 8.59. The van der Waals surface area contributed by atoms with Gasteiger partial charge < -0.3 is 0 Å². The van der Waals surface area contributed by atoms with Crippen LogP contribution in [-0.2, 0) is 0 Å². The molecule has 0 N–H and O–H groups in total. The molecule has 0 bridgehead atoms. The summed E-state index contributed by atoms with van der Waals surface area (Å²) in [5.74, 6) is 0. The summed E-state index contributed by atoms with van der Waals surface area (Å²) >= 11 is 5.60. The Morgan fingerprint density at radius 1 is 1.50 bits per heavy atom. The van der Waals surface area contributed by atoms with E-state index in [0.29, 0.717) is 0 Å². The number of aromatic nitrogens is 1. The van der Waals surface area contributed by atoms with Crippen LogP contribution in [0.2, 0.25) is 0 Å². The van der Waals surface area contributed by atoms with Gasteiger partial charge in [0.15, 0.2) is 0 Å². The first-order valence-corrected chi connectivity index (χ1v) is 6.12. The molecule has 0 fully saturated rings. The molecule has 1 heterocycles. The molecular weight excluding hydrogens is 355 g/mol. The maximum absolute atomic E-state index is 4.43. The van der Waals surface area contributed by atoms with Crippen LogP contribution in [0.5, 0.6) is 0 Å². The monoisotopic (exact) mass is 366 g/mol. The molecule has 14 heavy (non-hydrogen) atoms. The van der Waals surface area contributed by atoms with E-state index in [4.69, 9.17) is 0 Å². The zero-order valence-corrected chi connectivity index (χ0v) is 12.1. The molecule has 0 saturated heterocycles. The fourth-order valence-electron chi connectivity index (χ4n) is 0.776. The lowest BCUT2D eigenvalue weighted by molar-refractivity contribution is 0.586. The fourth-order valence-corrected chi connectivity index (χ4v) is 2.11. The second-order valence-electron chi connectivity index (χ2n) is 3.96. The van der Waals surface area contributed by atoms with E-state index in [2.05, 4.69) is 69.3 Å². The molecule has 2 nitrogen and oxygen atoms in total. The number of hydrogen-bond acceptors (Lipinski definition) is 2. The second-order valence-corrected chi connectivity index (χ2v) is 5.93. The maximum atomic E-state index is 4.43. The first kappa shape index (κ1) is 12.1. The molecule has 0 spiro atoms. The Labute approximate surface area is 107 Å². The number of hydrogen-bond donors (Lipinski definition) is 0. The van der Waals surface area contributed by atoms with Crippen molar-refractivity contribution in [3.8, 4) is 0 Å². The standard InChI is InChI=1S/C10H12BrIN2/c1-10(2,3)14-6-7-5-13-9(11)4-8(7)12/h4-6H,1-3H3/b14-6+. The first-order valence-electron chi connectivity index (χ1n) is 4.25. The van der Waals surface area contributed by atoms with Gasteiger partial charge in [-0.3, -0.25) is 4.99 Å². The minimum atomic E-state index is -0.0316. The molecule has 0 aromatic carbocycles. The Balaban J connectivity index is 2.93. The van der Waals surface area contributed by atoms with Crippen LogP contribution in [0.15, 0.2) is 21.9 Å². The molecule has 1 aromatic heterocycles. The number of halogens is 2. The van der Waals surface area contributed by atoms with E-state index >= 15 is 0 Å². The van der Waals surface area contributed by atoms with Gasteiger partial charge in [0.1, 0.15) is 4.60 Å². The van der Waals surface area contributed by atoms with Gasteiger partial charge in [-0.2, -0.15) is 0 Å². The van der Waals surface area contributed by atoms with Crippen molar-refractivity contribution in [3.63, 3.8) is 0 Å². The van der Waals surface area contributed by atoms with E-state index in [9.17, 15) is 0 Å². The number of nitrogens with zero attached hydrogens (tertiary/aromatic N) is 2. The van der Waals surface area contributed by atoms with E-state index in [-0.39, 0.29) is 5.54 Å². The van der Waals surface area contributed by atoms with E-state index in [1.807, 2.05) is 18.5 Å². The average Bonchev–Trinajstić information content (AvgIpc) is 2.00. The van der Waals surface area contributed by atoms with Gasteiger partial charge in [-0.25, -0.2) is 4.98 Å². The number of rotatable bonds is 1. The van der Waals surface area contributed by atoms with Crippen LogP contribution in [0.1, 0.15) is 26.3 Å². The van der Waals surface area contributed by atoms with Crippen molar-refractivity contribution in [2.75, 3.05) is 0 Å². The molecule has 0 unspecified atom stereocenters. The molecule has 4 heteroatoms. The molecule has 1 aromatic rings. The van der Waals surface area contributed by atoms with Gasteiger partial charge in [0, 0.05) is 21.5 Å². The van der Waals surface area contributed by atoms with Gasteiger partial charge in [-0.15, -0.1) is 0 Å². The van der Waals surface area contributed by atoms with Crippen molar-refractivity contribution in [1.82, 2.24) is 4.98 Å². The summed E-state index contributed by atoms with van der Waals surface area (Å²) in [6.45, 7) is 6.22. The van der Waals surface area contributed by atoms with Gasteiger partial charge in [-0.05, 0) is 65.4 Å². The highest BCUT2D eigenvalue weighted by Gasteiger charge is 2.06. The van der Waals surface area contributed by atoms with Crippen molar-refractivity contribution in [3.05, 3.63) is 26.0 Å². The van der Waals surface area contributed by atoms with Crippen molar-refractivity contribution in [2.24, 2.45) is 4.99 Å². The van der Waals surface area contributed by atoms with E-state index < -0.39 is 0 Å². The minimum absolute atomic E-state index is 0.0316. The van der Waals surface area contributed by atoms with Gasteiger partial charge in [-0.1, -0.05) is 0 Å². The summed E-state index contributed by atoms with van der Waals surface area (Å²) in [7, 11) is 0. The van der Waals surface area contributed by atoms with Crippen LogP contribution in [-0.4, -0.2) is 16.7 Å². The van der Waals surface area contributed by atoms with Crippen molar-refractivity contribution in [1.29, 1.82) is 0 Å². The predicted molar refractivity (Wildman–Crippen MR) is 72.0 cm³/mol.